The van der Waals surface area contributed by atoms with Crippen molar-refractivity contribution >= 4 is 23.2 Å². The average molecular weight is 293 g/mol. The number of hydrogen-bond donors (Lipinski definition) is 2. The molecule has 0 saturated carbocycles. The van der Waals surface area contributed by atoms with E-state index < -0.39 is 0 Å². The zero-order valence-electron chi connectivity index (χ0n) is 12.1. The molecule has 0 unspecified atom stereocenters. The minimum atomic E-state index is -0.384. The van der Waals surface area contributed by atoms with Crippen LogP contribution < -0.4 is 10.6 Å². The highest BCUT2D eigenvalue weighted by molar-refractivity contribution is 6.05. The summed E-state index contributed by atoms with van der Waals surface area (Å²) in [5, 5.41) is 13.9. The van der Waals surface area contributed by atoms with Gasteiger partial charge in [-0.05, 0) is 36.8 Å². The van der Waals surface area contributed by atoms with E-state index in [9.17, 15) is 9.59 Å². The zero-order valence-corrected chi connectivity index (χ0v) is 12.1. The summed E-state index contributed by atoms with van der Waals surface area (Å²) < 4.78 is 0. The molecule has 2 rings (SSSR count). The van der Waals surface area contributed by atoms with E-state index in [2.05, 4.69) is 10.6 Å². The summed E-state index contributed by atoms with van der Waals surface area (Å²) >= 11 is 0. The lowest BCUT2D eigenvalue weighted by molar-refractivity contribution is -0.115. The molecular formula is C17H15N3O2. The third-order valence-corrected chi connectivity index (χ3v) is 3.03. The van der Waals surface area contributed by atoms with Crippen LogP contribution in [-0.4, -0.2) is 11.8 Å². The summed E-state index contributed by atoms with van der Waals surface area (Å²) in [6.45, 7) is 1.87. The first-order valence-corrected chi connectivity index (χ1v) is 6.74. The Morgan fingerprint density at radius 2 is 1.73 bits per heavy atom. The molecule has 0 saturated heterocycles. The van der Waals surface area contributed by atoms with Gasteiger partial charge in [0, 0.05) is 16.9 Å². The number of carbonyl (C=O) groups is 2. The van der Waals surface area contributed by atoms with Crippen LogP contribution in [0.15, 0.2) is 48.5 Å². The molecule has 2 aromatic rings. The van der Waals surface area contributed by atoms with Gasteiger partial charge < -0.3 is 10.6 Å². The fourth-order valence-electron chi connectivity index (χ4n) is 1.98. The smallest absolute Gasteiger partial charge is 0.255 e. The fraction of sp³-hybridized carbons (Fsp3) is 0.118. The molecule has 0 radical (unpaired) electrons. The highest BCUT2D eigenvalue weighted by Gasteiger charge is 2.09. The monoisotopic (exact) mass is 293 g/mol. The average Bonchev–Trinajstić information content (AvgIpc) is 2.48. The third-order valence-electron chi connectivity index (χ3n) is 3.03. The SMILES string of the molecule is Cc1ccccc1C(=O)Nc1cccc(NC(=O)CC#N)c1. The van der Waals surface area contributed by atoms with Crippen molar-refractivity contribution in [2.45, 2.75) is 13.3 Å². The maximum Gasteiger partial charge on any atom is 0.255 e. The van der Waals surface area contributed by atoms with E-state index in [1.165, 1.54) is 0 Å². The van der Waals surface area contributed by atoms with E-state index in [-0.39, 0.29) is 18.2 Å². The summed E-state index contributed by atoms with van der Waals surface area (Å²) in [5.41, 5.74) is 2.59. The van der Waals surface area contributed by atoms with Crippen LogP contribution in [0.2, 0.25) is 0 Å². The van der Waals surface area contributed by atoms with Crippen molar-refractivity contribution in [1.82, 2.24) is 0 Å². The Morgan fingerprint density at radius 1 is 1.05 bits per heavy atom. The number of nitrogens with one attached hydrogen (secondary N) is 2. The van der Waals surface area contributed by atoms with Gasteiger partial charge in [-0.3, -0.25) is 9.59 Å². The molecule has 110 valence electrons. The Morgan fingerprint density at radius 3 is 2.41 bits per heavy atom. The summed E-state index contributed by atoms with van der Waals surface area (Å²) in [7, 11) is 0. The highest BCUT2D eigenvalue weighted by atomic mass is 16.2. The first-order valence-electron chi connectivity index (χ1n) is 6.74. The van der Waals surface area contributed by atoms with Crippen molar-refractivity contribution in [2.75, 3.05) is 10.6 Å². The Labute approximate surface area is 128 Å². The first kappa shape index (κ1) is 15.3. The van der Waals surface area contributed by atoms with E-state index in [0.29, 0.717) is 16.9 Å². The molecule has 0 fully saturated rings. The van der Waals surface area contributed by atoms with Crippen LogP contribution in [0.25, 0.3) is 0 Å². The van der Waals surface area contributed by atoms with E-state index in [1.807, 2.05) is 19.1 Å². The number of hydrogen-bond acceptors (Lipinski definition) is 3. The van der Waals surface area contributed by atoms with Crippen LogP contribution in [0.4, 0.5) is 11.4 Å². The highest BCUT2D eigenvalue weighted by Crippen LogP contribution is 2.17. The number of anilines is 2. The molecule has 2 aromatic carbocycles. The molecule has 0 spiro atoms. The van der Waals surface area contributed by atoms with Gasteiger partial charge in [-0.1, -0.05) is 24.3 Å². The van der Waals surface area contributed by atoms with Crippen LogP contribution in [0.5, 0.6) is 0 Å². The largest absolute Gasteiger partial charge is 0.325 e. The quantitative estimate of drug-likeness (QED) is 0.908. The van der Waals surface area contributed by atoms with Crippen LogP contribution in [0.3, 0.4) is 0 Å². The number of benzene rings is 2. The molecule has 0 heterocycles. The number of nitrogens with zero attached hydrogens (tertiary/aromatic N) is 1. The molecule has 0 atom stereocenters. The van der Waals surface area contributed by atoms with Gasteiger partial charge in [0.15, 0.2) is 0 Å². The van der Waals surface area contributed by atoms with Gasteiger partial charge in [-0.15, -0.1) is 0 Å². The molecule has 5 nitrogen and oxygen atoms in total. The van der Waals surface area contributed by atoms with E-state index in [1.54, 1.807) is 42.5 Å². The van der Waals surface area contributed by atoms with Crippen molar-refractivity contribution in [3.63, 3.8) is 0 Å². The second-order valence-corrected chi connectivity index (χ2v) is 4.73. The van der Waals surface area contributed by atoms with Crippen LogP contribution in [0.1, 0.15) is 22.3 Å². The fourth-order valence-corrected chi connectivity index (χ4v) is 1.98. The maximum absolute atomic E-state index is 12.2. The van der Waals surface area contributed by atoms with Gasteiger partial charge in [0.1, 0.15) is 6.42 Å². The lowest BCUT2D eigenvalue weighted by Crippen LogP contribution is -2.14. The Hall–Kier alpha value is -3.13. The van der Waals surface area contributed by atoms with Crippen molar-refractivity contribution in [3.05, 3.63) is 59.7 Å². The van der Waals surface area contributed by atoms with Gasteiger partial charge in [-0.25, -0.2) is 0 Å². The molecular weight excluding hydrogens is 278 g/mol. The van der Waals surface area contributed by atoms with E-state index >= 15 is 0 Å². The van der Waals surface area contributed by atoms with Crippen molar-refractivity contribution in [1.29, 1.82) is 5.26 Å². The molecule has 0 aromatic heterocycles. The Balaban J connectivity index is 2.11. The standard InChI is InChI=1S/C17H15N3O2/c1-12-5-2-3-8-15(12)17(22)20-14-7-4-6-13(11-14)19-16(21)9-10-18/h2-8,11H,9H2,1H3,(H,19,21)(H,20,22). The minimum Gasteiger partial charge on any atom is -0.325 e. The first-order chi connectivity index (χ1) is 10.6. The number of aryl methyl sites for hydroxylation is 1. The molecule has 22 heavy (non-hydrogen) atoms. The number of nitriles is 1. The predicted octanol–water partition coefficient (Wildman–Crippen LogP) is 3.10. The molecule has 5 heteroatoms. The number of rotatable bonds is 4. The summed E-state index contributed by atoms with van der Waals surface area (Å²) in [5.74, 6) is -0.594. The topological polar surface area (TPSA) is 82.0 Å². The second kappa shape index (κ2) is 7.04. The van der Waals surface area contributed by atoms with E-state index in [0.717, 1.165) is 5.56 Å². The van der Waals surface area contributed by atoms with Crippen molar-refractivity contribution < 1.29 is 9.59 Å². The number of amides is 2. The molecule has 2 amide bonds. The van der Waals surface area contributed by atoms with Crippen LogP contribution in [0, 0.1) is 18.3 Å². The summed E-state index contributed by atoms with van der Waals surface area (Å²) in [4.78, 5) is 23.6. The molecule has 2 N–H and O–H groups in total. The third kappa shape index (κ3) is 3.93. The molecule has 0 aliphatic rings. The van der Waals surface area contributed by atoms with Crippen molar-refractivity contribution in [3.8, 4) is 6.07 Å². The molecule has 0 bridgehead atoms. The van der Waals surface area contributed by atoms with Crippen LogP contribution in [-0.2, 0) is 4.79 Å². The normalized spacial score (nSPS) is 9.64. The van der Waals surface area contributed by atoms with Gasteiger partial charge in [0.2, 0.25) is 5.91 Å². The minimum absolute atomic E-state index is 0.209. The van der Waals surface area contributed by atoms with Gasteiger partial charge in [0.05, 0.1) is 6.07 Å². The lowest BCUT2D eigenvalue weighted by atomic mass is 10.1. The maximum atomic E-state index is 12.2. The van der Waals surface area contributed by atoms with Gasteiger partial charge in [-0.2, -0.15) is 5.26 Å². The zero-order chi connectivity index (χ0) is 15.9. The summed E-state index contributed by atoms with van der Waals surface area (Å²) in [6, 6.07) is 15.9. The molecule has 0 aliphatic heterocycles. The lowest BCUT2D eigenvalue weighted by Gasteiger charge is -2.09. The van der Waals surface area contributed by atoms with Crippen molar-refractivity contribution in [2.24, 2.45) is 0 Å². The second-order valence-electron chi connectivity index (χ2n) is 4.73. The number of carbonyl (C=O) groups excluding carboxylic acids is 2. The van der Waals surface area contributed by atoms with Crippen LogP contribution >= 0.6 is 0 Å². The van der Waals surface area contributed by atoms with Gasteiger partial charge in [0.25, 0.3) is 5.91 Å². The Bertz CT molecular complexity index is 748. The van der Waals surface area contributed by atoms with Gasteiger partial charge >= 0.3 is 0 Å². The molecule has 0 aliphatic carbocycles. The predicted molar refractivity (Wildman–Crippen MR) is 84.4 cm³/mol. The summed E-state index contributed by atoms with van der Waals surface area (Å²) in [6.07, 6.45) is -0.209. The Kier molecular flexibility index (Phi) is 4.89. The van der Waals surface area contributed by atoms with E-state index in [4.69, 9.17) is 5.26 Å².